The summed E-state index contributed by atoms with van der Waals surface area (Å²) in [5.74, 6) is 1.53. The van der Waals surface area contributed by atoms with E-state index in [1.54, 1.807) is 0 Å². The van der Waals surface area contributed by atoms with Crippen LogP contribution in [-0.4, -0.2) is 0 Å². The van der Waals surface area contributed by atoms with Gasteiger partial charge < -0.3 is 10.5 Å². The molecule has 0 amide bonds. The Morgan fingerprint density at radius 2 is 1.74 bits per heavy atom. The average Bonchev–Trinajstić information content (AvgIpc) is 2.32. The maximum Gasteiger partial charge on any atom is 0.141 e. The number of hydrogen-bond donors (Lipinski definition) is 1. The molecule has 0 saturated heterocycles. The van der Waals surface area contributed by atoms with Crippen LogP contribution < -0.4 is 10.5 Å². The SMILES string of the molecule is C[C@H](N)c1ccc(Oc2ccc(Br)cc2Br)cc1Br. The molecule has 5 heteroatoms. The Bertz CT molecular complexity index is 599. The summed E-state index contributed by atoms with van der Waals surface area (Å²) in [7, 11) is 0. The zero-order chi connectivity index (χ0) is 14.0. The minimum absolute atomic E-state index is 0.0113. The quantitative estimate of drug-likeness (QED) is 0.644. The van der Waals surface area contributed by atoms with Gasteiger partial charge in [-0.1, -0.05) is 37.9 Å². The molecule has 0 aliphatic heterocycles. The highest BCUT2D eigenvalue weighted by atomic mass is 79.9. The van der Waals surface area contributed by atoms with Crippen LogP contribution in [-0.2, 0) is 0 Å². The van der Waals surface area contributed by atoms with E-state index < -0.39 is 0 Å². The van der Waals surface area contributed by atoms with Gasteiger partial charge >= 0.3 is 0 Å². The summed E-state index contributed by atoms with van der Waals surface area (Å²) >= 11 is 10.4. The lowest BCUT2D eigenvalue weighted by Crippen LogP contribution is -2.05. The van der Waals surface area contributed by atoms with E-state index in [1.165, 1.54) is 0 Å². The van der Waals surface area contributed by atoms with E-state index >= 15 is 0 Å². The van der Waals surface area contributed by atoms with Crippen LogP contribution in [0.5, 0.6) is 11.5 Å². The van der Waals surface area contributed by atoms with Crippen LogP contribution >= 0.6 is 47.8 Å². The summed E-state index contributed by atoms with van der Waals surface area (Å²) in [5.41, 5.74) is 6.93. The van der Waals surface area contributed by atoms with E-state index in [-0.39, 0.29) is 6.04 Å². The van der Waals surface area contributed by atoms with Gasteiger partial charge in [0, 0.05) is 15.0 Å². The predicted octanol–water partition coefficient (Wildman–Crippen LogP) is 5.79. The lowest BCUT2D eigenvalue weighted by Gasteiger charge is -2.12. The highest BCUT2D eigenvalue weighted by Gasteiger charge is 2.08. The number of benzene rings is 2. The molecule has 0 heterocycles. The van der Waals surface area contributed by atoms with Gasteiger partial charge in [-0.15, -0.1) is 0 Å². The minimum atomic E-state index is -0.0113. The third-order valence-electron chi connectivity index (χ3n) is 2.58. The molecule has 0 radical (unpaired) electrons. The third kappa shape index (κ3) is 3.81. The smallest absolute Gasteiger partial charge is 0.141 e. The average molecular weight is 450 g/mol. The lowest BCUT2D eigenvalue weighted by molar-refractivity contribution is 0.479. The van der Waals surface area contributed by atoms with E-state index in [0.717, 1.165) is 30.5 Å². The molecule has 0 spiro atoms. The number of rotatable bonds is 3. The Balaban J connectivity index is 2.26. The van der Waals surface area contributed by atoms with Gasteiger partial charge in [-0.05, 0) is 58.7 Å². The van der Waals surface area contributed by atoms with Gasteiger partial charge in [-0.3, -0.25) is 0 Å². The first-order chi connectivity index (χ1) is 8.97. The van der Waals surface area contributed by atoms with Crippen LogP contribution in [0.1, 0.15) is 18.5 Å². The van der Waals surface area contributed by atoms with Gasteiger partial charge in [0.25, 0.3) is 0 Å². The minimum Gasteiger partial charge on any atom is -0.456 e. The molecule has 100 valence electrons. The second-order valence-corrected chi connectivity index (χ2v) is 6.77. The molecule has 2 aromatic carbocycles. The maximum atomic E-state index is 5.87. The van der Waals surface area contributed by atoms with Crippen LogP contribution in [0.2, 0.25) is 0 Å². The van der Waals surface area contributed by atoms with Crippen molar-refractivity contribution in [2.45, 2.75) is 13.0 Å². The highest BCUT2D eigenvalue weighted by Crippen LogP contribution is 2.34. The second kappa shape index (κ2) is 6.39. The molecule has 19 heavy (non-hydrogen) atoms. The summed E-state index contributed by atoms with van der Waals surface area (Å²) in [6, 6.07) is 11.6. The Morgan fingerprint density at radius 1 is 1.00 bits per heavy atom. The van der Waals surface area contributed by atoms with Crippen molar-refractivity contribution in [1.29, 1.82) is 0 Å². The standard InChI is InChI=1S/C14H12Br3NO/c1-8(18)11-4-3-10(7-12(11)16)19-14-5-2-9(15)6-13(14)17/h2-8H,18H2,1H3/t8-/m0/s1. The van der Waals surface area contributed by atoms with Gasteiger partial charge in [0.2, 0.25) is 0 Å². The van der Waals surface area contributed by atoms with Crippen molar-refractivity contribution in [1.82, 2.24) is 0 Å². The molecule has 0 unspecified atom stereocenters. The van der Waals surface area contributed by atoms with Gasteiger partial charge in [0.05, 0.1) is 4.47 Å². The Labute approximate surface area is 137 Å². The Hall–Kier alpha value is -0.360. The van der Waals surface area contributed by atoms with Crippen LogP contribution in [0, 0.1) is 0 Å². The third-order valence-corrected chi connectivity index (χ3v) is 4.38. The molecule has 2 aromatic rings. The molecule has 2 rings (SSSR count). The summed E-state index contributed by atoms with van der Waals surface area (Å²) in [4.78, 5) is 0. The number of ether oxygens (including phenoxy) is 1. The number of nitrogens with two attached hydrogens (primary N) is 1. The normalized spacial score (nSPS) is 12.3. The topological polar surface area (TPSA) is 35.2 Å². The van der Waals surface area contributed by atoms with E-state index in [9.17, 15) is 0 Å². The predicted molar refractivity (Wildman–Crippen MR) is 88.7 cm³/mol. The zero-order valence-electron chi connectivity index (χ0n) is 10.2. The van der Waals surface area contributed by atoms with Crippen molar-refractivity contribution >= 4 is 47.8 Å². The largest absolute Gasteiger partial charge is 0.456 e. The summed E-state index contributed by atoms with van der Waals surface area (Å²) in [5, 5.41) is 0. The summed E-state index contributed by atoms with van der Waals surface area (Å²) in [6.45, 7) is 1.95. The van der Waals surface area contributed by atoms with Crippen LogP contribution in [0.4, 0.5) is 0 Å². The maximum absolute atomic E-state index is 5.87. The molecule has 2 N–H and O–H groups in total. The van der Waals surface area contributed by atoms with Crippen LogP contribution in [0.25, 0.3) is 0 Å². The lowest BCUT2D eigenvalue weighted by atomic mass is 10.1. The fourth-order valence-electron chi connectivity index (χ4n) is 1.63. The van der Waals surface area contributed by atoms with Crippen molar-refractivity contribution in [3.05, 3.63) is 55.4 Å². The van der Waals surface area contributed by atoms with Crippen LogP contribution in [0.3, 0.4) is 0 Å². The first kappa shape index (κ1) is 15.0. The molecule has 2 nitrogen and oxygen atoms in total. The Morgan fingerprint density at radius 3 is 2.32 bits per heavy atom. The molecular weight excluding hydrogens is 438 g/mol. The summed E-state index contributed by atoms with van der Waals surface area (Å²) in [6.07, 6.45) is 0. The number of hydrogen-bond acceptors (Lipinski definition) is 2. The van der Waals surface area contributed by atoms with Crippen molar-refractivity contribution in [2.24, 2.45) is 5.73 Å². The monoisotopic (exact) mass is 447 g/mol. The van der Waals surface area contributed by atoms with Crippen molar-refractivity contribution in [2.75, 3.05) is 0 Å². The molecule has 0 saturated carbocycles. The summed E-state index contributed by atoms with van der Waals surface area (Å²) < 4.78 is 8.69. The molecule has 0 aliphatic rings. The van der Waals surface area contributed by atoms with Crippen molar-refractivity contribution in [3.8, 4) is 11.5 Å². The van der Waals surface area contributed by atoms with Crippen molar-refractivity contribution < 1.29 is 4.74 Å². The molecular formula is C14H12Br3NO. The molecule has 1 atom stereocenters. The number of halogens is 3. The fourth-order valence-corrected chi connectivity index (χ4v) is 3.47. The molecule has 0 fully saturated rings. The van der Waals surface area contributed by atoms with E-state index in [4.69, 9.17) is 10.5 Å². The molecule has 0 aliphatic carbocycles. The fraction of sp³-hybridized carbons (Fsp3) is 0.143. The van der Waals surface area contributed by atoms with Gasteiger partial charge in [-0.25, -0.2) is 0 Å². The highest BCUT2D eigenvalue weighted by molar-refractivity contribution is 9.11. The van der Waals surface area contributed by atoms with Crippen LogP contribution in [0.15, 0.2) is 49.8 Å². The van der Waals surface area contributed by atoms with E-state index in [2.05, 4.69) is 47.8 Å². The Kier molecular flexibility index (Phi) is 5.06. The van der Waals surface area contributed by atoms with Gasteiger partial charge in [0.15, 0.2) is 0 Å². The first-order valence-corrected chi connectivity index (χ1v) is 8.03. The second-order valence-electron chi connectivity index (χ2n) is 4.15. The molecule has 0 bridgehead atoms. The molecule has 0 aromatic heterocycles. The van der Waals surface area contributed by atoms with E-state index in [0.29, 0.717) is 0 Å². The van der Waals surface area contributed by atoms with Crippen molar-refractivity contribution in [3.63, 3.8) is 0 Å². The zero-order valence-corrected chi connectivity index (χ0v) is 14.9. The van der Waals surface area contributed by atoms with Gasteiger partial charge in [-0.2, -0.15) is 0 Å². The van der Waals surface area contributed by atoms with E-state index in [1.807, 2.05) is 43.3 Å². The first-order valence-electron chi connectivity index (χ1n) is 5.65. The van der Waals surface area contributed by atoms with Gasteiger partial charge in [0.1, 0.15) is 11.5 Å².